The van der Waals surface area contributed by atoms with Crippen molar-refractivity contribution in [2.45, 2.75) is 25.2 Å². The number of anilines is 1. The van der Waals surface area contributed by atoms with Gasteiger partial charge in [-0.15, -0.1) is 0 Å². The van der Waals surface area contributed by atoms with Crippen molar-refractivity contribution in [3.63, 3.8) is 0 Å². The highest BCUT2D eigenvalue weighted by molar-refractivity contribution is 5.55. The van der Waals surface area contributed by atoms with Gasteiger partial charge in [0, 0.05) is 6.54 Å². The van der Waals surface area contributed by atoms with Gasteiger partial charge in [-0.3, -0.25) is 0 Å². The molecule has 2 N–H and O–H groups in total. The summed E-state index contributed by atoms with van der Waals surface area (Å²) in [5.74, 6) is 1.48. The molecule has 2 aliphatic rings. The van der Waals surface area contributed by atoms with Crippen molar-refractivity contribution in [3.8, 4) is 5.75 Å². The van der Waals surface area contributed by atoms with E-state index < -0.39 is 0 Å². The highest BCUT2D eigenvalue weighted by atomic mass is 16.5. The molecule has 1 saturated carbocycles. The van der Waals surface area contributed by atoms with E-state index in [4.69, 9.17) is 10.5 Å². The van der Waals surface area contributed by atoms with Crippen LogP contribution in [0.3, 0.4) is 0 Å². The van der Waals surface area contributed by atoms with Crippen LogP contribution in [0.5, 0.6) is 5.75 Å². The predicted molar refractivity (Wildman–Crippen MR) is 73.9 cm³/mol. The summed E-state index contributed by atoms with van der Waals surface area (Å²) >= 11 is 0. The molecule has 2 fully saturated rings. The molecule has 98 valence electrons. The van der Waals surface area contributed by atoms with Crippen LogP contribution in [0.25, 0.3) is 0 Å². The van der Waals surface area contributed by atoms with Crippen LogP contribution in [0.1, 0.15) is 30.7 Å². The fourth-order valence-corrected chi connectivity index (χ4v) is 3.72. The Bertz CT molecular complexity index is 452. The Morgan fingerprint density at radius 2 is 2.17 bits per heavy atom. The molecule has 18 heavy (non-hydrogen) atoms. The maximum atomic E-state index is 5.98. The largest absolute Gasteiger partial charge is 0.495 e. The van der Waals surface area contributed by atoms with E-state index in [1.165, 1.54) is 37.9 Å². The van der Waals surface area contributed by atoms with Crippen LogP contribution in [0, 0.1) is 5.41 Å². The molecule has 0 aromatic heterocycles. The smallest absolute Gasteiger partial charge is 0.141 e. The maximum absolute atomic E-state index is 5.98. The van der Waals surface area contributed by atoms with Crippen molar-refractivity contribution < 1.29 is 4.74 Å². The zero-order valence-electron chi connectivity index (χ0n) is 11.3. The Morgan fingerprint density at radius 3 is 2.72 bits per heavy atom. The lowest BCUT2D eigenvalue weighted by Gasteiger charge is -2.45. The van der Waals surface area contributed by atoms with Crippen LogP contribution in [0.2, 0.25) is 0 Å². The minimum absolute atomic E-state index is 0.605. The Labute approximate surface area is 109 Å². The van der Waals surface area contributed by atoms with Crippen molar-refractivity contribution in [1.82, 2.24) is 4.90 Å². The number of methoxy groups -OCH3 is 1. The second-order valence-corrected chi connectivity index (χ2v) is 6.09. The molecule has 1 aromatic carbocycles. The molecule has 0 atom stereocenters. The van der Waals surface area contributed by atoms with E-state index in [1.54, 1.807) is 7.11 Å². The second kappa shape index (κ2) is 4.16. The molecular weight excluding hydrogens is 224 g/mol. The molecule has 1 aromatic rings. The summed E-state index contributed by atoms with van der Waals surface area (Å²) in [5.41, 5.74) is 8.73. The fraction of sp³-hybridized carbons (Fsp3) is 0.600. The average Bonchev–Trinajstić information content (AvgIpc) is 2.69. The highest BCUT2D eigenvalue weighted by Gasteiger charge is 2.47. The monoisotopic (exact) mass is 246 g/mol. The number of likely N-dealkylation sites (tertiary alicyclic amines) is 1. The highest BCUT2D eigenvalue weighted by Crippen LogP contribution is 2.55. The zero-order valence-corrected chi connectivity index (χ0v) is 11.3. The topological polar surface area (TPSA) is 38.5 Å². The van der Waals surface area contributed by atoms with Gasteiger partial charge >= 0.3 is 0 Å². The number of nitrogens with two attached hydrogens (primary N) is 1. The van der Waals surface area contributed by atoms with Crippen molar-refractivity contribution in [1.29, 1.82) is 0 Å². The third kappa shape index (κ3) is 1.87. The number of ether oxygens (including phenoxy) is 1. The first-order chi connectivity index (χ1) is 8.62. The normalized spacial score (nSPS) is 31.6. The summed E-state index contributed by atoms with van der Waals surface area (Å²) in [6.45, 7) is 2.53. The minimum atomic E-state index is 0.605. The lowest BCUT2D eigenvalue weighted by Crippen LogP contribution is -2.37. The standard InChI is InChI=1S/C15H22N2O/c1-17-6-5-15(10-17)8-12(9-15)11-3-4-14(18-2)13(16)7-11/h3-4,7,12H,5-6,8-10,16H2,1-2H3. The van der Waals surface area contributed by atoms with Crippen molar-refractivity contribution in [3.05, 3.63) is 23.8 Å². The van der Waals surface area contributed by atoms with E-state index >= 15 is 0 Å². The van der Waals surface area contributed by atoms with Gasteiger partial charge in [-0.1, -0.05) is 6.07 Å². The van der Waals surface area contributed by atoms with Crippen LogP contribution in [0.15, 0.2) is 18.2 Å². The van der Waals surface area contributed by atoms with Gasteiger partial charge < -0.3 is 15.4 Å². The molecule has 1 saturated heterocycles. The van der Waals surface area contributed by atoms with E-state index in [0.29, 0.717) is 11.3 Å². The lowest BCUT2D eigenvalue weighted by atomic mass is 9.59. The third-order valence-electron chi connectivity index (χ3n) is 4.71. The first-order valence-corrected chi connectivity index (χ1v) is 6.74. The van der Waals surface area contributed by atoms with Gasteiger partial charge in [-0.05, 0) is 61.9 Å². The first-order valence-electron chi connectivity index (χ1n) is 6.74. The Kier molecular flexibility index (Phi) is 2.74. The Hall–Kier alpha value is -1.22. The van der Waals surface area contributed by atoms with Gasteiger partial charge in [0.25, 0.3) is 0 Å². The Balaban J connectivity index is 1.70. The number of rotatable bonds is 2. The second-order valence-electron chi connectivity index (χ2n) is 6.09. The summed E-state index contributed by atoms with van der Waals surface area (Å²) < 4.78 is 5.21. The van der Waals surface area contributed by atoms with Gasteiger partial charge in [0.2, 0.25) is 0 Å². The van der Waals surface area contributed by atoms with Crippen molar-refractivity contribution in [2.24, 2.45) is 5.41 Å². The van der Waals surface area contributed by atoms with E-state index in [0.717, 1.165) is 11.4 Å². The van der Waals surface area contributed by atoms with Crippen molar-refractivity contribution >= 4 is 5.69 Å². The van der Waals surface area contributed by atoms with E-state index in [1.807, 2.05) is 6.07 Å². The molecule has 3 heteroatoms. The molecule has 3 rings (SSSR count). The molecule has 1 aliphatic carbocycles. The predicted octanol–water partition coefficient (Wildman–Crippen LogP) is 2.48. The van der Waals surface area contributed by atoms with Gasteiger partial charge in [-0.2, -0.15) is 0 Å². The SMILES string of the molecule is COc1ccc(C2CC3(CCN(C)C3)C2)cc1N. The van der Waals surface area contributed by atoms with Crippen LogP contribution in [0.4, 0.5) is 5.69 Å². The number of hydrogen-bond acceptors (Lipinski definition) is 3. The minimum Gasteiger partial charge on any atom is -0.495 e. The van der Waals surface area contributed by atoms with Crippen LogP contribution < -0.4 is 10.5 Å². The van der Waals surface area contributed by atoms with E-state index in [9.17, 15) is 0 Å². The number of benzene rings is 1. The van der Waals surface area contributed by atoms with Gasteiger partial charge in [0.1, 0.15) is 5.75 Å². The van der Waals surface area contributed by atoms with Crippen LogP contribution in [-0.2, 0) is 0 Å². The van der Waals surface area contributed by atoms with E-state index in [2.05, 4.69) is 24.1 Å². The first kappa shape index (κ1) is 11.8. The van der Waals surface area contributed by atoms with Crippen LogP contribution in [-0.4, -0.2) is 32.1 Å². The van der Waals surface area contributed by atoms with Crippen LogP contribution >= 0.6 is 0 Å². The summed E-state index contributed by atoms with van der Waals surface area (Å²) in [6.07, 6.45) is 4.01. The molecule has 0 radical (unpaired) electrons. The summed E-state index contributed by atoms with van der Waals surface area (Å²) in [7, 11) is 3.89. The maximum Gasteiger partial charge on any atom is 0.141 e. The van der Waals surface area contributed by atoms with Gasteiger partial charge in [0.05, 0.1) is 12.8 Å². The molecule has 1 spiro atoms. The molecule has 0 bridgehead atoms. The van der Waals surface area contributed by atoms with E-state index in [-0.39, 0.29) is 0 Å². The lowest BCUT2D eigenvalue weighted by molar-refractivity contribution is 0.113. The fourth-order valence-electron chi connectivity index (χ4n) is 3.72. The summed E-state index contributed by atoms with van der Waals surface area (Å²) in [4.78, 5) is 2.46. The Morgan fingerprint density at radius 1 is 1.39 bits per heavy atom. The third-order valence-corrected chi connectivity index (χ3v) is 4.71. The number of hydrogen-bond donors (Lipinski definition) is 1. The van der Waals surface area contributed by atoms with Gasteiger partial charge in [0.15, 0.2) is 0 Å². The molecule has 0 amide bonds. The average molecular weight is 246 g/mol. The number of nitrogens with zero attached hydrogens (tertiary/aromatic N) is 1. The van der Waals surface area contributed by atoms with Gasteiger partial charge in [-0.25, -0.2) is 0 Å². The molecule has 1 heterocycles. The quantitative estimate of drug-likeness (QED) is 0.815. The summed E-state index contributed by atoms with van der Waals surface area (Å²) in [6, 6.07) is 6.26. The molecular formula is C15H22N2O. The zero-order chi connectivity index (χ0) is 12.8. The van der Waals surface area contributed by atoms with Crippen molar-refractivity contribution in [2.75, 3.05) is 33.0 Å². The molecule has 1 aliphatic heterocycles. The summed E-state index contributed by atoms with van der Waals surface area (Å²) in [5, 5.41) is 0. The molecule has 3 nitrogen and oxygen atoms in total. The molecule has 0 unspecified atom stereocenters. The number of nitrogen functional groups attached to an aromatic ring is 1.